The number of sulfone groups is 1. The van der Waals surface area contributed by atoms with Gasteiger partial charge in [0.25, 0.3) is 0 Å². The predicted molar refractivity (Wildman–Crippen MR) is 135 cm³/mol. The third kappa shape index (κ3) is 3.52. The second kappa shape index (κ2) is 8.07. The molecule has 5 aromatic rings. The van der Waals surface area contributed by atoms with Gasteiger partial charge in [0.05, 0.1) is 22.1 Å². The monoisotopic (exact) mass is 469 g/mol. The van der Waals surface area contributed by atoms with Crippen LogP contribution in [0, 0.1) is 20.8 Å². The lowest BCUT2D eigenvalue weighted by Crippen LogP contribution is -2.08. The first-order valence-corrected chi connectivity index (χ1v) is 12.2. The Bertz CT molecular complexity index is 1720. The van der Waals surface area contributed by atoms with E-state index in [1.54, 1.807) is 31.3 Å². The van der Waals surface area contributed by atoms with Crippen LogP contribution in [0.1, 0.15) is 22.3 Å². The molecule has 3 aromatic carbocycles. The zero-order valence-electron chi connectivity index (χ0n) is 19.0. The average molecular weight is 470 g/mol. The fourth-order valence-electron chi connectivity index (χ4n) is 3.96. The number of nitrogens with zero attached hydrogens (tertiary/aromatic N) is 4. The predicted octanol–water partition coefficient (Wildman–Crippen LogP) is 4.81. The van der Waals surface area contributed by atoms with E-state index in [1.807, 2.05) is 62.4 Å². The second-order valence-corrected chi connectivity index (χ2v) is 10.1. The van der Waals surface area contributed by atoms with E-state index in [4.69, 9.17) is 5.73 Å². The number of hydrogen-bond acceptors (Lipinski definition) is 6. The van der Waals surface area contributed by atoms with Gasteiger partial charge in [0.1, 0.15) is 16.2 Å². The molecular formula is C26H23N5O2S. The maximum atomic E-state index is 13.9. The van der Waals surface area contributed by atoms with Crippen LogP contribution in [0.3, 0.4) is 0 Å². The van der Waals surface area contributed by atoms with Crippen molar-refractivity contribution in [3.8, 4) is 0 Å². The Kier molecular flexibility index (Phi) is 5.17. The molecule has 0 aliphatic heterocycles. The lowest BCUT2D eigenvalue weighted by atomic mass is 10.1. The Labute approximate surface area is 197 Å². The Morgan fingerprint density at radius 2 is 1.56 bits per heavy atom. The molecule has 0 aliphatic carbocycles. The van der Waals surface area contributed by atoms with Gasteiger partial charge >= 0.3 is 0 Å². The van der Waals surface area contributed by atoms with Crippen molar-refractivity contribution in [2.24, 2.45) is 5.10 Å². The van der Waals surface area contributed by atoms with Crippen molar-refractivity contribution in [2.75, 3.05) is 5.73 Å². The molecule has 2 heterocycles. The first kappa shape index (κ1) is 21.8. The maximum absolute atomic E-state index is 13.9. The van der Waals surface area contributed by atoms with Gasteiger partial charge < -0.3 is 5.73 Å². The summed E-state index contributed by atoms with van der Waals surface area (Å²) in [6.45, 7) is 5.59. The Hall–Kier alpha value is -4.04. The Morgan fingerprint density at radius 1 is 0.882 bits per heavy atom. The van der Waals surface area contributed by atoms with Gasteiger partial charge in [-0.2, -0.15) is 9.78 Å². The highest BCUT2D eigenvalue weighted by Crippen LogP contribution is 2.36. The highest BCUT2D eigenvalue weighted by atomic mass is 32.2. The van der Waals surface area contributed by atoms with E-state index in [0.29, 0.717) is 16.6 Å². The van der Waals surface area contributed by atoms with Crippen molar-refractivity contribution < 1.29 is 8.42 Å². The zero-order chi connectivity index (χ0) is 24.0. The minimum atomic E-state index is -4.01. The molecule has 0 aliphatic rings. The SMILES string of the molecule is Cc1ccc(C)c(S(=O)(=O)c2c(N)n(/N=C/c3ccccc3C)c3nc4ccccc4nc23)c1. The molecule has 0 spiro atoms. The number of aromatic nitrogens is 3. The van der Waals surface area contributed by atoms with Crippen LogP contribution in [0.2, 0.25) is 0 Å². The van der Waals surface area contributed by atoms with Crippen LogP contribution in [-0.4, -0.2) is 29.3 Å². The smallest absolute Gasteiger partial charge is 0.212 e. The highest BCUT2D eigenvalue weighted by molar-refractivity contribution is 7.92. The molecule has 34 heavy (non-hydrogen) atoms. The lowest BCUT2D eigenvalue weighted by Gasteiger charge is -2.09. The molecule has 0 saturated heterocycles. The van der Waals surface area contributed by atoms with Gasteiger partial charge in [-0.25, -0.2) is 18.4 Å². The first-order chi connectivity index (χ1) is 16.3. The number of nitrogen functional groups attached to an aromatic ring is 1. The lowest BCUT2D eigenvalue weighted by molar-refractivity contribution is 0.596. The summed E-state index contributed by atoms with van der Waals surface area (Å²) in [6, 6.07) is 20.4. The fourth-order valence-corrected chi connectivity index (χ4v) is 5.77. The van der Waals surface area contributed by atoms with Crippen molar-refractivity contribution in [1.82, 2.24) is 14.6 Å². The number of nitrogens with two attached hydrogens (primary N) is 1. The average Bonchev–Trinajstić information content (AvgIpc) is 3.09. The number of benzene rings is 3. The minimum absolute atomic E-state index is 0.0314. The summed E-state index contributed by atoms with van der Waals surface area (Å²) in [6.07, 6.45) is 1.65. The van der Waals surface area contributed by atoms with Crippen molar-refractivity contribution in [1.29, 1.82) is 0 Å². The number of fused-ring (bicyclic) bond motifs is 2. The van der Waals surface area contributed by atoms with Gasteiger partial charge in [0.2, 0.25) is 9.84 Å². The molecule has 2 N–H and O–H groups in total. The molecular weight excluding hydrogens is 446 g/mol. The maximum Gasteiger partial charge on any atom is 0.212 e. The van der Waals surface area contributed by atoms with Crippen molar-refractivity contribution in [3.63, 3.8) is 0 Å². The van der Waals surface area contributed by atoms with E-state index >= 15 is 0 Å². The molecule has 0 fully saturated rings. The van der Waals surface area contributed by atoms with Gasteiger partial charge in [0, 0.05) is 0 Å². The molecule has 2 aromatic heterocycles. The van der Waals surface area contributed by atoms with E-state index in [-0.39, 0.29) is 26.8 Å². The van der Waals surface area contributed by atoms with Crippen LogP contribution >= 0.6 is 0 Å². The van der Waals surface area contributed by atoms with Crippen molar-refractivity contribution >= 4 is 44.1 Å². The highest BCUT2D eigenvalue weighted by Gasteiger charge is 2.31. The first-order valence-electron chi connectivity index (χ1n) is 10.8. The number of para-hydroxylation sites is 2. The van der Waals surface area contributed by atoms with Crippen LogP contribution < -0.4 is 5.73 Å². The number of anilines is 1. The van der Waals surface area contributed by atoms with Crippen molar-refractivity contribution in [2.45, 2.75) is 30.6 Å². The fraction of sp³-hybridized carbons (Fsp3) is 0.115. The summed E-state index contributed by atoms with van der Waals surface area (Å²) in [5.74, 6) is -0.0314. The van der Waals surface area contributed by atoms with Gasteiger partial charge in [-0.1, -0.05) is 48.5 Å². The van der Waals surface area contributed by atoms with Gasteiger partial charge in [-0.3, -0.25) is 0 Å². The summed E-state index contributed by atoms with van der Waals surface area (Å²) < 4.78 is 29.2. The summed E-state index contributed by atoms with van der Waals surface area (Å²) in [5, 5.41) is 4.54. The molecule has 0 unspecified atom stereocenters. The molecule has 8 heteroatoms. The second-order valence-electron chi connectivity index (χ2n) is 8.28. The van der Waals surface area contributed by atoms with E-state index in [9.17, 15) is 8.42 Å². The number of rotatable bonds is 4. The molecule has 0 saturated carbocycles. The van der Waals surface area contributed by atoms with Gasteiger partial charge in [-0.05, 0) is 61.2 Å². The van der Waals surface area contributed by atoms with Crippen LogP contribution in [-0.2, 0) is 9.84 Å². The van der Waals surface area contributed by atoms with Crippen LogP contribution in [0.4, 0.5) is 5.82 Å². The molecule has 0 amide bonds. The molecule has 0 atom stereocenters. The molecule has 0 bridgehead atoms. The summed E-state index contributed by atoms with van der Waals surface area (Å²) >= 11 is 0. The molecule has 0 radical (unpaired) electrons. The molecule has 170 valence electrons. The summed E-state index contributed by atoms with van der Waals surface area (Å²) in [5.41, 5.74) is 11.5. The normalized spacial score (nSPS) is 12.2. The Balaban J connectivity index is 1.83. The zero-order valence-corrected chi connectivity index (χ0v) is 19.8. The number of hydrogen-bond donors (Lipinski definition) is 1. The largest absolute Gasteiger partial charge is 0.382 e. The number of aryl methyl sites for hydroxylation is 3. The van der Waals surface area contributed by atoms with Crippen LogP contribution in [0.5, 0.6) is 0 Å². The van der Waals surface area contributed by atoms with Crippen LogP contribution in [0.15, 0.2) is 81.6 Å². The van der Waals surface area contributed by atoms with Crippen molar-refractivity contribution in [3.05, 3.63) is 89.0 Å². The standard InChI is InChI=1S/C26H23N5O2S/c1-16-12-13-18(3)22(14-16)34(32,33)24-23-26(30-21-11-7-6-10-20(21)29-23)31(25(24)27)28-15-19-9-5-4-8-17(19)2/h4-15H,27H2,1-3H3/b28-15+. The summed E-state index contributed by atoms with van der Waals surface area (Å²) in [4.78, 5) is 9.45. The third-order valence-corrected chi connectivity index (χ3v) is 7.79. The topological polar surface area (TPSA) is 103 Å². The van der Waals surface area contributed by atoms with E-state index in [1.165, 1.54) is 4.68 Å². The van der Waals surface area contributed by atoms with Gasteiger partial charge in [-0.15, -0.1) is 0 Å². The van der Waals surface area contributed by atoms with Crippen LogP contribution in [0.25, 0.3) is 22.2 Å². The van der Waals surface area contributed by atoms with E-state index in [0.717, 1.165) is 16.7 Å². The Morgan fingerprint density at radius 3 is 2.29 bits per heavy atom. The van der Waals surface area contributed by atoms with E-state index < -0.39 is 9.84 Å². The molecule has 5 rings (SSSR count). The minimum Gasteiger partial charge on any atom is -0.382 e. The quantitative estimate of drug-likeness (QED) is 0.381. The molecule has 7 nitrogen and oxygen atoms in total. The third-order valence-electron chi connectivity index (χ3n) is 5.83. The van der Waals surface area contributed by atoms with E-state index in [2.05, 4.69) is 15.1 Å². The summed E-state index contributed by atoms with van der Waals surface area (Å²) in [7, 11) is -4.01. The van der Waals surface area contributed by atoms with Gasteiger partial charge in [0.15, 0.2) is 5.65 Å².